The Morgan fingerprint density at radius 2 is 2.28 bits per heavy atom. The van der Waals surface area contributed by atoms with Gasteiger partial charge in [0.1, 0.15) is 0 Å². The van der Waals surface area contributed by atoms with Gasteiger partial charge in [0, 0.05) is 39.1 Å². The van der Waals surface area contributed by atoms with Gasteiger partial charge < -0.3 is 20.3 Å². The molecule has 1 aromatic heterocycles. The van der Waals surface area contributed by atoms with Gasteiger partial charge >= 0.3 is 0 Å². The molecule has 0 aromatic carbocycles. The second kappa shape index (κ2) is 7.76. The summed E-state index contributed by atoms with van der Waals surface area (Å²) in [4.78, 5) is 4.50. The molecule has 0 fully saturated rings. The highest BCUT2D eigenvalue weighted by atomic mass is 16.3. The maximum Gasteiger partial charge on any atom is 0.191 e. The molecule has 102 valence electrons. The number of rotatable bonds is 6. The first-order valence-electron chi connectivity index (χ1n) is 6.39. The highest BCUT2D eigenvalue weighted by Crippen LogP contribution is 2.01. The van der Waals surface area contributed by atoms with Crippen LogP contribution in [0.4, 0.5) is 0 Å². The normalized spacial score (nSPS) is 13.4. The minimum atomic E-state index is 0.186. The summed E-state index contributed by atoms with van der Waals surface area (Å²) in [6.45, 7) is 6.42. The summed E-state index contributed by atoms with van der Waals surface area (Å²) in [6.07, 6.45) is 4.07. The van der Waals surface area contributed by atoms with Gasteiger partial charge in [-0.2, -0.15) is 0 Å². The van der Waals surface area contributed by atoms with Gasteiger partial charge in [0.2, 0.25) is 0 Å². The third-order valence-corrected chi connectivity index (χ3v) is 2.59. The molecule has 1 rings (SSSR count). The number of aliphatic imine (C=N–C) groups is 1. The number of nitrogens with one attached hydrogen (secondary N) is 2. The van der Waals surface area contributed by atoms with Crippen LogP contribution in [-0.4, -0.2) is 35.3 Å². The summed E-state index contributed by atoms with van der Waals surface area (Å²) >= 11 is 0. The van der Waals surface area contributed by atoms with Crippen molar-refractivity contribution in [2.24, 2.45) is 18.0 Å². The number of aryl methyl sites for hydroxylation is 1. The molecule has 18 heavy (non-hydrogen) atoms. The van der Waals surface area contributed by atoms with Gasteiger partial charge in [-0.05, 0) is 24.5 Å². The molecule has 0 aliphatic carbocycles. The minimum absolute atomic E-state index is 0.186. The number of aliphatic hydroxyl groups excluding tert-OH is 1. The van der Waals surface area contributed by atoms with Gasteiger partial charge in [0.15, 0.2) is 5.96 Å². The first-order valence-corrected chi connectivity index (χ1v) is 6.39. The molecule has 1 atom stereocenters. The van der Waals surface area contributed by atoms with Gasteiger partial charge in [0.05, 0.1) is 6.54 Å². The van der Waals surface area contributed by atoms with Gasteiger partial charge in [-0.3, -0.25) is 0 Å². The lowest BCUT2D eigenvalue weighted by Crippen LogP contribution is -2.39. The van der Waals surface area contributed by atoms with Crippen LogP contribution in [0.2, 0.25) is 0 Å². The molecular weight excluding hydrogens is 228 g/mol. The lowest BCUT2D eigenvalue weighted by molar-refractivity contribution is 0.238. The fourth-order valence-electron chi connectivity index (χ4n) is 1.50. The van der Waals surface area contributed by atoms with E-state index in [1.165, 1.54) is 5.56 Å². The molecular formula is C13H24N4O. The number of guanidine groups is 1. The maximum atomic E-state index is 8.99. The van der Waals surface area contributed by atoms with Crippen LogP contribution in [0.15, 0.2) is 23.5 Å². The Hall–Kier alpha value is -1.49. The Morgan fingerprint density at radius 1 is 1.50 bits per heavy atom. The zero-order chi connectivity index (χ0) is 13.4. The molecule has 0 radical (unpaired) electrons. The first-order chi connectivity index (χ1) is 8.65. The Labute approximate surface area is 109 Å². The van der Waals surface area contributed by atoms with Gasteiger partial charge in [-0.1, -0.05) is 6.92 Å². The third kappa shape index (κ3) is 5.23. The van der Waals surface area contributed by atoms with Crippen molar-refractivity contribution in [3.05, 3.63) is 24.0 Å². The number of aliphatic hydroxyl groups is 1. The SMILES string of the molecule is CCNC(=NCc1ccn(C)c1)NCC(C)CO. The van der Waals surface area contributed by atoms with E-state index in [1.54, 1.807) is 0 Å². The van der Waals surface area contributed by atoms with Crippen LogP contribution in [0.25, 0.3) is 0 Å². The van der Waals surface area contributed by atoms with Crippen molar-refractivity contribution in [3.8, 4) is 0 Å². The minimum Gasteiger partial charge on any atom is -0.396 e. The van der Waals surface area contributed by atoms with E-state index < -0.39 is 0 Å². The summed E-state index contributed by atoms with van der Waals surface area (Å²) in [6, 6.07) is 2.06. The lowest BCUT2D eigenvalue weighted by Gasteiger charge is -2.13. The number of nitrogens with zero attached hydrogens (tertiary/aromatic N) is 2. The van der Waals surface area contributed by atoms with Crippen LogP contribution < -0.4 is 10.6 Å². The van der Waals surface area contributed by atoms with E-state index in [-0.39, 0.29) is 12.5 Å². The number of hydrogen-bond acceptors (Lipinski definition) is 2. The van der Waals surface area contributed by atoms with E-state index in [2.05, 4.69) is 27.9 Å². The second-order valence-electron chi connectivity index (χ2n) is 4.55. The first kappa shape index (κ1) is 14.6. The Morgan fingerprint density at radius 3 is 2.83 bits per heavy atom. The fourth-order valence-corrected chi connectivity index (χ4v) is 1.50. The van der Waals surface area contributed by atoms with E-state index >= 15 is 0 Å². The van der Waals surface area contributed by atoms with E-state index in [1.807, 2.05) is 31.7 Å². The molecule has 0 amide bonds. The Kier molecular flexibility index (Phi) is 6.28. The van der Waals surface area contributed by atoms with Crippen LogP contribution in [0, 0.1) is 5.92 Å². The fraction of sp³-hybridized carbons (Fsp3) is 0.615. The van der Waals surface area contributed by atoms with E-state index in [0.29, 0.717) is 6.54 Å². The summed E-state index contributed by atoms with van der Waals surface area (Å²) in [5.74, 6) is 1.02. The molecule has 0 aliphatic heterocycles. The largest absolute Gasteiger partial charge is 0.396 e. The van der Waals surface area contributed by atoms with Crippen LogP contribution in [-0.2, 0) is 13.6 Å². The summed E-state index contributed by atoms with van der Waals surface area (Å²) in [7, 11) is 2.00. The van der Waals surface area contributed by atoms with Crippen molar-refractivity contribution in [2.45, 2.75) is 20.4 Å². The molecule has 5 heteroatoms. The molecule has 3 N–H and O–H groups in total. The third-order valence-electron chi connectivity index (χ3n) is 2.59. The highest BCUT2D eigenvalue weighted by molar-refractivity contribution is 5.79. The van der Waals surface area contributed by atoms with Crippen LogP contribution in [0.1, 0.15) is 19.4 Å². The molecule has 0 saturated heterocycles. The lowest BCUT2D eigenvalue weighted by atomic mass is 10.2. The average molecular weight is 252 g/mol. The average Bonchev–Trinajstić information content (AvgIpc) is 2.78. The van der Waals surface area contributed by atoms with E-state index in [9.17, 15) is 0 Å². The molecule has 0 aliphatic rings. The molecule has 0 saturated carbocycles. The monoisotopic (exact) mass is 252 g/mol. The van der Waals surface area contributed by atoms with Crippen molar-refractivity contribution < 1.29 is 5.11 Å². The van der Waals surface area contributed by atoms with Gasteiger partial charge in [-0.25, -0.2) is 4.99 Å². The predicted molar refractivity (Wildman–Crippen MR) is 74.5 cm³/mol. The molecule has 1 heterocycles. The Bertz CT molecular complexity index is 373. The topological polar surface area (TPSA) is 61.6 Å². The maximum absolute atomic E-state index is 8.99. The molecule has 1 unspecified atom stereocenters. The zero-order valence-corrected chi connectivity index (χ0v) is 11.5. The zero-order valence-electron chi connectivity index (χ0n) is 11.5. The van der Waals surface area contributed by atoms with E-state index in [0.717, 1.165) is 19.0 Å². The summed E-state index contributed by atoms with van der Waals surface area (Å²) in [5.41, 5.74) is 1.19. The van der Waals surface area contributed by atoms with Crippen LogP contribution in [0.5, 0.6) is 0 Å². The molecule has 0 spiro atoms. The molecule has 5 nitrogen and oxygen atoms in total. The Balaban J connectivity index is 2.49. The molecule has 1 aromatic rings. The van der Waals surface area contributed by atoms with Crippen molar-refractivity contribution in [2.75, 3.05) is 19.7 Å². The van der Waals surface area contributed by atoms with Crippen LogP contribution >= 0.6 is 0 Å². The van der Waals surface area contributed by atoms with Crippen molar-refractivity contribution in [3.63, 3.8) is 0 Å². The van der Waals surface area contributed by atoms with Gasteiger partial charge in [0.25, 0.3) is 0 Å². The summed E-state index contributed by atoms with van der Waals surface area (Å²) < 4.78 is 2.01. The summed E-state index contributed by atoms with van der Waals surface area (Å²) in [5, 5.41) is 15.4. The smallest absolute Gasteiger partial charge is 0.191 e. The quantitative estimate of drug-likeness (QED) is 0.516. The highest BCUT2D eigenvalue weighted by Gasteiger charge is 2.02. The van der Waals surface area contributed by atoms with Crippen molar-refractivity contribution >= 4 is 5.96 Å². The predicted octanol–water partition coefficient (Wildman–Crippen LogP) is 0.709. The molecule has 0 bridgehead atoms. The van der Waals surface area contributed by atoms with Gasteiger partial charge in [-0.15, -0.1) is 0 Å². The van der Waals surface area contributed by atoms with Crippen molar-refractivity contribution in [1.82, 2.24) is 15.2 Å². The number of aromatic nitrogens is 1. The van der Waals surface area contributed by atoms with Crippen molar-refractivity contribution in [1.29, 1.82) is 0 Å². The second-order valence-corrected chi connectivity index (χ2v) is 4.55. The van der Waals surface area contributed by atoms with Crippen LogP contribution in [0.3, 0.4) is 0 Å². The van der Waals surface area contributed by atoms with E-state index in [4.69, 9.17) is 5.11 Å². The standard InChI is InChI=1S/C13H24N4O/c1-4-14-13(15-7-11(2)10-18)16-8-12-5-6-17(3)9-12/h5-6,9,11,18H,4,7-8,10H2,1-3H3,(H2,14,15,16). The number of hydrogen-bond donors (Lipinski definition) is 3.